The fourth-order valence-electron chi connectivity index (χ4n) is 5.74. The minimum absolute atomic E-state index is 0.00611. The topological polar surface area (TPSA) is 107 Å². The normalized spacial score (nSPS) is 17.8. The van der Waals surface area contributed by atoms with E-state index in [9.17, 15) is 27.2 Å². The van der Waals surface area contributed by atoms with Gasteiger partial charge >= 0.3 is 0 Å². The van der Waals surface area contributed by atoms with Crippen LogP contribution in [0.2, 0.25) is 0 Å². The first-order valence-electron chi connectivity index (χ1n) is 14.0. The van der Waals surface area contributed by atoms with E-state index in [-0.39, 0.29) is 29.0 Å². The number of carbonyl (C=O) groups is 3. The lowest BCUT2D eigenvalue weighted by Gasteiger charge is -2.44. The van der Waals surface area contributed by atoms with Gasteiger partial charge in [0.15, 0.2) is 0 Å². The molecule has 0 radical (unpaired) electrons. The molecular formula is C30H39FN4O5S. The number of nitrogens with one attached hydrogen (secondary N) is 1. The number of sulfone groups is 1. The summed E-state index contributed by atoms with van der Waals surface area (Å²) in [5.41, 5.74) is 0.275. The van der Waals surface area contributed by atoms with E-state index < -0.39 is 33.1 Å². The zero-order valence-corrected chi connectivity index (χ0v) is 24.9. The molecule has 2 aromatic carbocycles. The predicted molar refractivity (Wildman–Crippen MR) is 156 cm³/mol. The average molecular weight is 587 g/mol. The van der Waals surface area contributed by atoms with Crippen molar-refractivity contribution in [1.82, 2.24) is 15.1 Å². The minimum atomic E-state index is -3.14. The largest absolute Gasteiger partial charge is 0.341 e. The van der Waals surface area contributed by atoms with Crippen LogP contribution in [0.4, 0.5) is 10.1 Å². The van der Waals surface area contributed by atoms with Gasteiger partial charge in [-0.15, -0.1) is 0 Å². The first-order valence-corrected chi connectivity index (χ1v) is 16.0. The van der Waals surface area contributed by atoms with Crippen LogP contribution in [0.5, 0.6) is 0 Å². The van der Waals surface area contributed by atoms with E-state index in [1.54, 1.807) is 28.9 Å². The van der Waals surface area contributed by atoms with Crippen molar-refractivity contribution in [3.05, 3.63) is 65.5 Å². The van der Waals surface area contributed by atoms with Crippen LogP contribution in [0.1, 0.15) is 49.0 Å². The van der Waals surface area contributed by atoms with Crippen molar-refractivity contribution in [2.24, 2.45) is 5.92 Å². The van der Waals surface area contributed by atoms with Crippen LogP contribution in [0, 0.1) is 18.7 Å². The molecule has 2 aliphatic heterocycles. The van der Waals surface area contributed by atoms with Crippen LogP contribution in [0.3, 0.4) is 0 Å². The van der Waals surface area contributed by atoms with Crippen molar-refractivity contribution >= 4 is 33.2 Å². The number of hydrogen-bond acceptors (Lipinski definition) is 6. The highest BCUT2D eigenvalue weighted by Gasteiger charge is 2.54. The van der Waals surface area contributed by atoms with Gasteiger partial charge in [-0.05, 0) is 55.9 Å². The van der Waals surface area contributed by atoms with Crippen molar-refractivity contribution in [2.75, 3.05) is 43.2 Å². The molecule has 1 unspecified atom stereocenters. The molecule has 41 heavy (non-hydrogen) atoms. The van der Waals surface area contributed by atoms with Crippen LogP contribution in [-0.4, -0.2) is 85.8 Å². The Labute approximate surface area is 241 Å². The van der Waals surface area contributed by atoms with Crippen LogP contribution < -0.4 is 10.2 Å². The highest BCUT2D eigenvalue weighted by atomic mass is 32.2. The third kappa shape index (κ3) is 6.55. The Morgan fingerprint density at radius 1 is 1.05 bits per heavy atom. The number of benzene rings is 2. The van der Waals surface area contributed by atoms with E-state index in [1.807, 2.05) is 44.2 Å². The molecule has 0 bridgehead atoms. The van der Waals surface area contributed by atoms with Gasteiger partial charge in [-0.3, -0.25) is 14.4 Å². The fourth-order valence-corrected chi connectivity index (χ4v) is 6.39. The number of rotatable bonds is 9. The van der Waals surface area contributed by atoms with Crippen molar-refractivity contribution in [3.63, 3.8) is 0 Å². The molecule has 1 N–H and O–H groups in total. The number of aryl methyl sites for hydroxylation is 1. The SMILES string of the molecule is Cc1cccc(C(=O)NC(C(=O)N2CCC3(CC2)C(=O)N(CCCS(C)(=O)=O)CN3c2ccccc2)C(C)C)c1F. The maximum Gasteiger partial charge on any atom is 0.254 e. The number of anilines is 1. The molecule has 222 valence electrons. The number of amides is 3. The second-order valence-electron chi connectivity index (χ2n) is 11.4. The fraction of sp³-hybridized carbons (Fsp3) is 0.500. The van der Waals surface area contributed by atoms with Gasteiger partial charge in [0.1, 0.15) is 27.2 Å². The second kappa shape index (κ2) is 12.2. The molecule has 2 saturated heterocycles. The summed E-state index contributed by atoms with van der Waals surface area (Å²) in [5.74, 6) is -1.82. The molecule has 0 aromatic heterocycles. The molecule has 9 nitrogen and oxygen atoms in total. The Hall–Kier alpha value is -3.47. The Morgan fingerprint density at radius 2 is 1.71 bits per heavy atom. The molecule has 11 heteroatoms. The van der Waals surface area contributed by atoms with Crippen molar-refractivity contribution in [1.29, 1.82) is 0 Å². The average Bonchev–Trinajstić information content (AvgIpc) is 3.19. The maximum atomic E-state index is 14.6. The van der Waals surface area contributed by atoms with Crippen LogP contribution in [0.15, 0.2) is 48.5 Å². The molecule has 0 saturated carbocycles. The number of carbonyl (C=O) groups excluding carboxylic acids is 3. The first kappa shape index (κ1) is 30.5. The smallest absolute Gasteiger partial charge is 0.254 e. The molecule has 3 amide bonds. The second-order valence-corrected chi connectivity index (χ2v) is 13.7. The zero-order chi connectivity index (χ0) is 29.9. The molecule has 2 aromatic rings. The van der Waals surface area contributed by atoms with Crippen molar-refractivity contribution in [3.8, 4) is 0 Å². The number of piperidine rings is 1. The van der Waals surface area contributed by atoms with Crippen LogP contribution >= 0.6 is 0 Å². The first-order chi connectivity index (χ1) is 19.3. The zero-order valence-electron chi connectivity index (χ0n) is 24.1. The lowest BCUT2D eigenvalue weighted by Crippen LogP contribution is -2.60. The monoisotopic (exact) mass is 586 g/mol. The lowest BCUT2D eigenvalue weighted by atomic mass is 9.85. The number of likely N-dealkylation sites (tertiary alicyclic amines) is 1. The molecule has 0 aliphatic carbocycles. The summed E-state index contributed by atoms with van der Waals surface area (Å²) in [7, 11) is -3.14. The van der Waals surface area contributed by atoms with Crippen molar-refractivity contribution in [2.45, 2.75) is 51.6 Å². The van der Waals surface area contributed by atoms with E-state index in [1.165, 1.54) is 12.3 Å². The standard InChI is InChI=1S/C30H39FN4O5S/c1-21(2)26(32-27(36)24-13-8-10-22(3)25(24)31)28(37)33-17-14-30(15-18-33)29(38)34(16-9-19-41(4,39)40)20-35(30)23-11-6-5-7-12-23/h5-8,10-13,21,26H,9,14-20H2,1-4H3,(H,32,36). The van der Waals surface area contributed by atoms with Gasteiger partial charge in [0.05, 0.1) is 18.0 Å². The summed E-state index contributed by atoms with van der Waals surface area (Å²) in [6.45, 7) is 6.52. The van der Waals surface area contributed by atoms with E-state index in [0.29, 0.717) is 51.1 Å². The summed E-state index contributed by atoms with van der Waals surface area (Å²) in [6.07, 6.45) is 2.32. The molecule has 4 rings (SSSR count). The lowest BCUT2D eigenvalue weighted by molar-refractivity contribution is -0.140. The van der Waals surface area contributed by atoms with E-state index in [2.05, 4.69) is 10.2 Å². The van der Waals surface area contributed by atoms with E-state index >= 15 is 0 Å². The van der Waals surface area contributed by atoms with Crippen LogP contribution in [0.25, 0.3) is 0 Å². The summed E-state index contributed by atoms with van der Waals surface area (Å²) >= 11 is 0. The summed E-state index contributed by atoms with van der Waals surface area (Å²) < 4.78 is 37.9. The van der Waals surface area contributed by atoms with Gasteiger partial charge in [0, 0.05) is 31.6 Å². The van der Waals surface area contributed by atoms with Gasteiger partial charge < -0.3 is 20.0 Å². The number of nitrogens with zero attached hydrogens (tertiary/aromatic N) is 3. The highest BCUT2D eigenvalue weighted by Crippen LogP contribution is 2.39. The number of halogens is 1. The van der Waals surface area contributed by atoms with Gasteiger partial charge in [-0.25, -0.2) is 12.8 Å². The van der Waals surface area contributed by atoms with E-state index in [4.69, 9.17) is 0 Å². The summed E-state index contributed by atoms with van der Waals surface area (Å²) in [4.78, 5) is 45.9. The third-order valence-corrected chi connectivity index (χ3v) is 9.11. The molecule has 2 aliphatic rings. The summed E-state index contributed by atoms with van der Waals surface area (Å²) in [5, 5.41) is 2.74. The molecular weight excluding hydrogens is 547 g/mol. The van der Waals surface area contributed by atoms with E-state index in [0.717, 1.165) is 5.69 Å². The number of para-hydroxylation sites is 1. The molecule has 1 atom stereocenters. The van der Waals surface area contributed by atoms with Crippen molar-refractivity contribution < 1.29 is 27.2 Å². The molecule has 2 heterocycles. The Balaban J connectivity index is 1.50. The number of hydrogen-bond donors (Lipinski definition) is 1. The summed E-state index contributed by atoms with van der Waals surface area (Å²) in [6, 6.07) is 13.3. The maximum absolute atomic E-state index is 14.6. The Morgan fingerprint density at radius 3 is 2.32 bits per heavy atom. The Kier molecular flexibility index (Phi) is 9.06. The van der Waals surface area contributed by atoms with Crippen LogP contribution in [-0.2, 0) is 19.4 Å². The quantitative estimate of drug-likeness (QED) is 0.484. The molecule has 1 spiro atoms. The van der Waals surface area contributed by atoms with Gasteiger partial charge in [0.2, 0.25) is 11.8 Å². The predicted octanol–water partition coefficient (Wildman–Crippen LogP) is 2.99. The molecule has 2 fully saturated rings. The Bertz CT molecular complexity index is 1390. The van der Waals surface area contributed by atoms with Gasteiger partial charge in [-0.1, -0.05) is 44.2 Å². The van der Waals surface area contributed by atoms with Gasteiger partial charge in [-0.2, -0.15) is 0 Å². The third-order valence-electron chi connectivity index (χ3n) is 8.08. The highest BCUT2D eigenvalue weighted by molar-refractivity contribution is 7.90. The minimum Gasteiger partial charge on any atom is -0.341 e. The van der Waals surface area contributed by atoms with Gasteiger partial charge in [0.25, 0.3) is 5.91 Å².